The van der Waals surface area contributed by atoms with Gasteiger partial charge < -0.3 is 34.1 Å². The van der Waals surface area contributed by atoms with Crippen LogP contribution >= 0.6 is 11.8 Å². The number of likely N-dealkylation sites (N-methyl/N-ethyl adjacent to an activating group) is 2. The molecule has 0 radical (unpaired) electrons. The number of carbonyl (C=O) groups is 5. The number of rotatable bonds is 9. The van der Waals surface area contributed by atoms with E-state index >= 15 is 0 Å². The Morgan fingerprint density at radius 3 is 2.50 bits per heavy atom. The number of ether oxygens (including phenoxy) is 2. The zero-order valence-electron chi connectivity index (χ0n) is 44.1. The van der Waals surface area contributed by atoms with Crippen molar-refractivity contribution in [1.29, 1.82) is 0 Å². The zero-order chi connectivity index (χ0) is 54.0. The van der Waals surface area contributed by atoms with Crippen LogP contribution in [0.3, 0.4) is 0 Å². The molecule has 1 aromatic carbocycles. The number of nitrogens with one attached hydrogen (secondary N) is 2. The molecule has 402 valence electrons. The number of amides is 5. The van der Waals surface area contributed by atoms with Gasteiger partial charge in [0.05, 0.1) is 40.9 Å². The first kappa shape index (κ1) is 56.0. The quantitative estimate of drug-likeness (QED) is 0.173. The van der Waals surface area contributed by atoms with Crippen LogP contribution in [0.15, 0.2) is 60.3 Å². The Hall–Kier alpha value is -5.77. The second-order valence-electron chi connectivity index (χ2n) is 20.8. The number of benzene rings is 1. The Morgan fingerprint density at radius 1 is 1.11 bits per heavy atom. The standard InChI is InChI=1S/C53H71F3N10O7S/c1-12-37-33-18-19-40-35(24-33)36(47(65(40)29-53(54,55)56)34-16-14-20-57-45(34)32(5)72-10)26-52(6,7)30-73-50(70)38-17-15-21-66(60-38)49(69)39(25-43(58-37)74-11)59-48(68)46(31(3)4)62(9)51(71)63-27-41-42(28-63)64(44(67)13-2)23-22-61(41)8/h12-14,16,18-20,24,31-32,38-39,41-42,46,60H,2,15,17,21-23,25-30H2,1,3-11H3,(H,59,68)/b37-12-,58-43?/t32-,38-,39-,41+,42-,46-/m0/s1. The molecule has 6 heterocycles. The molecule has 6 atom stereocenters. The Balaban J connectivity index is 1.29. The number of esters is 1. The van der Waals surface area contributed by atoms with Gasteiger partial charge in [-0.05, 0) is 88.2 Å². The molecule has 0 aliphatic carbocycles. The minimum atomic E-state index is -4.61. The maximum atomic E-state index is 14.9. The molecule has 4 aliphatic rings. The molecule has 21 heteroatoms. The van der Waals surface area contributed by atoms with Gasteiger partial charge in [-0.3, -0.25) is 34.1 Å². The maximum absolute atomic E-state index is 14.9. The van der Waals surface area contributed by atoms with Gasteiger partial charge in [-0.15, -0.1) is 11.8 Å². The van der Waals surface area contributed by atoms with Gasteiger partial charge in [-0.25, -0.2) is 15.2 Å². The molecule has 4 aliphatic heterocycles. The minimum absolute atomic E-state index is 0.0942. The van der Waals surface area contributed by atoms with Crippen LogP contribution < -0.4 is 10.7 Å². The van der Waals surface area contributed by atoms with Gasteiger partial charge in [0.2, 0.25) is 11.8 Å². The van der Waals surface area contributed by atoms with Crippen molar-refractivity contribution in [3.05, 3.63) is 72.1 Å². The molecule has 0 spiro atoms. The van der Waals surface area contributed by atoms with E-state index in [0.717, 1.165) is 0 Å². The first-order chi connectivity index (χ1) is 35.0. The number of fused-ring (bicyclic) bond motifs is 4. The number of hydrogen-bond donors (Lipinski definition) is 2. The molecule has 3 fully saturated rings. The van der Waals surface area contributed by atoms with Crippen molar-refractivity contribution in [2.75, 3.05) is 66.8 Å². The van der Waals surface area contributed by atoms with Crippen LogP contribution in [0.2, 0.25) is 0 Å². The summed E-state index contributed by atoms with van der Waals surface area (Å²) in [6.45, 7) is 15.2. The monoisotopic (exact) mass is 1050 g/mol. The Kier molecular flexibility index (Phi) is 17.4. The fraction of sp³-hybridized carbons (Fsp3) is 0.566. The highest BCUT2D eigenvalue weighted by Crippen LogP contribution is 2.43. The van der Waals surface area contributed by atoms with E-state index in [2.05, 4.69) is 27.2 Å². The lowest BCUT2D eigenvalue weighted by Gasteiger charge is -2.41. The number of piperazine rings is 1. The summed E-state index contributed by atoms with van der Waals surface area (Å²) in [5.74, 6) is -2.34. The SMILES string of the molecule is C=CC(=O)N1CCN(C)[C@@H]2CN(C(=O)N(C)[C@H](C(=O)N[C@H]3CC(SC)=N/C(=C\C)c4ccc5c(c4)c(c(-c4cccnc4[C@H](C)OC)n5CC(F)(F)F)CC(C)(C)COC(=O)[C@@H]4CCCN(N4)C3=O)C(C)C)C[C@@H]21. The van der Waals surface area contributed by atoms with Gasteiger partial charge in [0.15, 0.2) is 0 Å². The molecule has 4 bridgehead atoms. The van der Waals surface area contributed by atoms with Crippen LogP contribution in [0.1, 0.15) is 83.7 Å². The van der Waals surface area contributed by atoms with E-state index in [1.165, 1.54) is 39.4 Å². The number of urea groups is 1. The van der Waals surface area contributed by atoms with Crippen LogP contribution in [0.5, 0.6) is 0 Å². The predicted octanol–water partition coefficient (Wildman–Crippen LogP) is 6.68. The average Bonchev–Trinajstić information content (AvgIpc) is 3.94. The number of hydrazine groups is 1. The van der Waals surface area contributed by atoms with E-state index in [-0.39, 0.29) is 50.5 Å². The van der Waals surface area contributed by atoms with Crippen molar-refractivity contribution < 1.29 is 46.6 Å². The number of pyridine rings is 1. The molecule has 74 heavy (non-hydrogen) atoms. The number of carbonyl (C=O) groups excluding carboxylic acids is 5. The van der Waals surface area contributed by atoms with E-state index in [1.54, 1.807) is 73.5 Å². The van der Waals surface area contributed by atoms with E-state index < -0.39 is 72.1 Å². The van der Waals surface area contributed by atoms with E-state index in [9.17, 15) is 37.1 Å². The van der Waals surface area contributed by atoms with Crippen molar-refractivity contribution in [3.63, 3.8) is 0 Å². The first-order valence-corrected chi connectivity index (χ1v) is 26.4. The van der Waals surface area contributed by atoms with E-state index in [4.69, 9.17) is 14.5 Å². The Bertz CT molecular complexity index is 2690. The van der Waals surface area contributed by atoms with Gasteiger partial charge >= 0.3 is 18.2 Å². The van der Waals surface area contributed by atoms with Crippen molar-refractivity contribution in [1.82, 2.24) is 44.9 Å². The summed E-state index contributed by atoms with van der Waals surface area (Å²) in [5, 5.41) is 5.31. The third-order valence-electron chi connectivity index (χ3n) is 14.6. The average molecular weight is 1050 g/mol. The molecular formula is C53H71F3N10O7S. The number of allylic oxidation sites excluding steroid dienone is 1. The number of alkyl halides is 3. The molecule has 17 nitrogen and oxygen atoms in total. The molecular weight excluding hydrogens is 978 g/mol. The molecule has 5 amide bonds. The number of cyclic esters (lactones) is 1. The maximum Gasteiger partial charge on any atom is 0.406 e. The molecule has 2 N–H and O–H groups in total. The number of hydrogen-bond acceptors (Lipinski definition) is 12. The normalized spacial score (nSPS) is 23.5. The lowest BCUT2D eigenvalue weighted by atomic mass is 9.84. The van der Waals surface area contributed by atoms with Crippen molar-refractivity contribution in [2.45, 2.75) is 116 Å². The van der Waals surface area contributed by atoms with Crippen LogP contribution in [0, 0.1) is 11.3 Å². The van der Waals surface area contributed by atoms with Gasteiger partial charge in [0.25, 0.3) is 5.91 Å². The van der Waals surface area contributed by atoms with Crippen molar-refractivity contribution in [3.8, 4) is 11.3 Å². The molecule has 2 aromatic heterocycles. The van der Waals surface area contributed by atoms with E-state index in [1.807, 2.05) is 40.8 Å². The fourth-order valence-corrected chi connectivity index (χ4v) is 11.3. The van der Waals surface area contributed by atoms with Crippen molar-refractivity contribution in [2.24, 2.45) is 16.3 Å². The lowest BCUT2D eigenvalue weighted by molar-refractivity contribution is -0.155. The molecule has 7 rings (SSSR count). The highest BCUT2D eigenvalue weighted by molar-refractivity contribution is 8.13. The third kappa shape index (κ3) is 12.0. The number of likely N-dealkylation sites (tertiary alicyclic amines) is 1. The van der Waals surface area contributed by atoms with Crippen LogP contribution in [0.25, 0.3) is 27.9 Å². The van der Waals surface area contributed by atoms with E-state index in [0.29, 0.717) is 82.2 Å². The van der Waals surface area contributed by atoms with Gasteiger partial charge in [-0.1, -0.05) is 46.4 Å². The smallest absolute Gasteiger partial charge is 0.406 e. The molecule has 0 unspecified atom stereocenters. The number of halogens is 3. The molecule has 3 saturated heterocycles. The second kappa shape index (κ2) is 23.0. The summed E-state index contributed by atoms with van der Waals surface area (Å²) < 4.78 is 57.3. The van der Waals surface area contributed by atoms with Gasteiger partial charge in [-0.2, -0.15) is 13.2 Å². The summed E-state index contributed by atoms with van der Waals surface area (Å²) in [6.07, 6.45) is 2.13. The first-order valence-electron chi connectivity index (χ1n) is 25.2. The third-order valence-corrected chi connectivity index (χ3v) is 15.4. The number of aliphatic imine (C=N–C) groups is 1. The molecule has 3 aromatic rings. The summed E-state index contributed by atoms with van der Waals surface area (Å²) in [5.41, 5.74) is 5.46. The van der Waals surface area contributed by atoms with Crippen LogP contribution in [0.4, 0.5) is 18.0 Å². The lowest BCUT2D eigenvalue weighted by Crippen LogP contribution is -2.62. The van der Waals surface area contributed by atoms with Crippen LogP contribution in [-0.2, 0) is 41.6 Å². The number of methoxy groups -OCH3 is 1. The summed E-state index contributed by atoms with van der Waals surface area (Å²) in [6, 6.07) is 4.65. The molecule has 0 saturated carbocycles. The topological polar surface area (TPSA) is 174 Å². The highest BCUT2D eigenvalue weighted by Gasteiger charge is 2.47. The fourth-order valence-electron chi connectivity index (χ4n) is 10.8. The number of aromatic nitrogens is 2. The Morgan fingerprint density at radius 2 is 1.84 bits per heavy atom. The van der Waals surface area contributed by atoms with Gasteiger partial charge in [0.1, 0.15) is 24.7 Å². The van der Waals surface area contributed by atoms with Gasteiger partial charge in [0, 0.05) is 93.0 Å². The zero-order valence-corrected chi connectivity index (χ0v) is 44.9. The summed E-state index contributed by atoms with van der Waals surface area (Å²) in [4.78, 5) is 87.5. The number of thioether (sulfide) groups is 1. The van der Waals surface area contributed by atoms with Crippen LogP contribution in [-0.4, -0.2) is 172 Å². The largest absolute Gasteiger partial charge is 0.464 e. The second-order valence-corrected chi connectivity index (χ2v) is 21.7. The van der Waals surface area contributed by atoms with Crippen molar-refractivity contribution >= 4 is 63.1 Å². The summed E-state index contributed by atoms with van der Waals surface area (Å²) in [7, 11) is 5.04. The summed E-state index contributed by atoms with van der Waals surface area (Å²) >= 11 is 1.27. The minimum Gasteiger partial charge on any atom is -0.464 e. The number of nitrogens with zero attached hydrogens (tertiary/aromatic N) is 8. The predicted molar refractivity (Wildman–Crippen MR) is 280 cm³/mol. The highest BCUT2D eigenvalue weighted by atomic mass is 32.2. The Labute approximate surface area is 435 Å².